The van der Waals surface area contributed by atoms with Crippen molar-refractivity contribution in [2.24, 2.45) is 13.0 Å². The van der Waals surface area contributed by atoms with Crippen LogP contribution < -0.4 is 15.9 Å². The summed E-state index contributed by atoms with van der Waals surface area (Å²) in [4.78, 5) is 43.5. The van der Waals surface area contributed by atoms with Crippen LogP contribution in [0.25, 0.3) is 11.5 Å². The lowest BCUT2D eigenvalue weighted by atomic mass is 10.1. The van der Waals surface area contributed by atoms with Gasteiger partial charge in [-0.1, -0.05) is 12.1 Å². The summed E-state index contributed by atoms with van der Waals surface area (Å²) in [5.41, 5.74) is 3.40. The molecular weight excluding hydrogens is 408 g/mol. The van der Waals surface area contributed by atoms with Crippen LogP contribution in [-0.4, -0.2) is 44.2 Å². The maximum absolute atomic E-state index is 12.6. The van der Waals surface area contributed by atoms with E-state index in [-0.39, 0.29) is 37.0 Å². The van der Waals surface area contributed by atoms with Gasteiger partial charge in [0, 0.05) is 38.4 Å². The highest BCUT2D eigenvalue weighted by atomic mass is 16.2. The number of hydrogen-bond acceptors (Lipinski definition) is 5. The zero-order valence-corrected chi connectivity index (χ0v) is 18.4. The first-order valence-electron chi connectivity index (χ1n) is 10.6. The van der Waals surface area contributed by atoms with Crippen molar-refractivity contribution < 1.29 is 9.59 Å². The number of rotatable bonds is 6. The van der Waals surface area contributed by atoms with Gasteiger partial charge in [-0.25, -0.2) is 9.48 Å². The fraction of sp³-hybridized carbons (Fsp3) is 0.348. The fourth-order valence-corrected chi connectivity index (χ4v) is 3.81. The molecule has 0 saturated carbocycles. The van der Waals surface area contributed by atoms with Gasteiger partial charge in [-0.05, 0) is 49.2 Å². The summed E-state index contributed by atoms with van der Waals surface area (Å²) >= 11 is 0. The van der Waals surface area contributed by atoms with Crippen molar-refractivity contribution in [1.29, 1.82) is 0 Å². The van der Waals surface area contributed by atoms with Gasteiger partial charge >= 0.3 is 5.69 Å². The second-order valence-corrected chi connectivity index (χ2v) is 8.07. The highest BCUT2D eigenvalue weighted by molar-refractivity contribution is 6.00. The number of pyridine rings is 1. The van der Waals surface area contributed by atoms with E-state index in [4.69, 9.17) is 0 Å². The van der Waals surface area contributed by atoms with E-state index >= 15 is 0 Å². The van der Waals surface area contributed by atoms with Crippen molar-refractivity contribution in [2.75, 3.05) is 18.0 Å². The Morgan fingerprint density at radius 1 is 1.16 bits per heavy atom. The van der Waals surface area contributed by atoms with Gasteiger partial charge < -0.3 is 10.2 Å². The number of amides is 2. The molecule has 1 unspecified atom stereocenters. The van der Waals surface area contributed by atoms with E-state index in [0.29, 0.717) is 18.1 Å². The third-order valence-corrected chi connectivity index (χ3v) is 5.86. The van der Waals surface area contributed by atoms with Crippen LogP contribution in [0, 0.1) is 19.8 Å². The highest BCUT2D eigenvalue weighted by Crippen LogP contribution is 2.26. The van der Waals surface area contributed by atoms with Gasteiger partial charge in [0.15, 0.2) is 5.82 Å². The Balaban J connectivity index is 1.36. The molecule has 4 rings (SSSR count). The molecule has 1 aliphatic heterocycles. The topological polar surface area (TPSA) is 102 Å². The Morgan fingerprint density at radius 2 is 1.97 bits per heavy atom. The van der Waals surface area contributed by atoms with Gasteiger partial charge in [0.25, 0.3) is 0 Å². The highest BCUT2D eigenvalue weighted by Gasteiger charge is 2.35. The minimum Gasteiger partial charge on any atom is -0.354 e. The van der Waals surface area contributed by atoms with Crippen molar-refractivity contribution in [3.8, 4) is 11.5 Å². The summed E-state index contributed by atoms with van der Waals surface area (Å²) in [6.45, 7) is 4.84. The molecule has 0 bridgehead atoms. The largest absolute Gasteiger partial charge is 0.354 e. The summed E-state index contributed by atoms with van der Waals surface area (Å²) in [5, 5.41) is 7.18. The predicted molar refractivity (Wildman–Crippen MR) is 120 cm³/mol. The van der Waals surface area contributed by atoms with Gasteiger partial charge in [-0.15, -0.1) is 5.10 Å². The Morgan fingerprint density at radius 3 is 2.69 bits per heavy atom. The lowest BCUT2D eigenvalue weighted by Gasteiger charge is -2.18. The molecule has 0 radical (unpaired) electrons. The third-order valence-electron chi connectivity index (χ3n) is 5.86. The van der Waals surface area contributed by atoms with Crippen LogP contribution in [0.5, 0.6) is 0 Å². The van der Waals surface area contributed by atoms with E-state index in [1.807, 2.05) is 38.1 Å². The number of nitrogens with one attached hydrogen (secondary N) is 1. The van der Waals surface area contributed by atoms with Gasteiger partial charge in [0.05, 0.1) is 12.5 Å². The molecule has 166 valence electrons. The summed E-state index contributed by atoms with van der Waals surface area (Å²) in [7, 11) is 1.64. The number of benzene rings is 1. The van der Waals surface area contributed by atoms with E-state index in [9.17, 15) is 14.4 Å². The fourth-order valence-electron chi connectivity index (χ4n) is 3.81. The zero-order chi connectivity index (χ0) is 22.8. The molecular formula is C23H26N6O3. The van der Waals surface area contributed by atoms with Gasteiger partial charge in [0.1, 0.15) is 5.69 Å². The number of carbonyl (C=O) groups excluding carboxylic acids is 2. The molecule has 1 N–H and O–H groups in total. The maximum Gasteiger partial charge on any atom is 0.346 e. The molecule has 0 aliphatic carbocycles. The van der Waals surface area contributed by atoms with Crippen molar-refractivity contribution in [3.05, 3.63) is 64.2 Å². The van der Waals surface area contributed by atoms with Crippen LogP contribution in [0.2, 0.25) is 0 Å². The average Bonchev–Trinajstić information content (AvgIpc) is 3.31. The van der Waals surface area contributed by atoms with Crippen molar-refractivity contribution in [3.63, 3.8) is 0 Å². The Kier molecular flexibility index (Phi) is 5.89. The van der Waals surface area contributed by atoms with Crippen LogP contribution >= 0.6 is 0 Å². The summed E-state index contributed by atoms with van der Waals surface area (Å²) < 4.78 is 2.74. The van der Waals surface area contributed by atoms with E-state index < -0.39 is 5.92 Å². The number of aryl methyl sites for hydroxylation is 2. The number of carbonyl (C=O) groups is 2. The molecule has 3 heterocycles. The molecule has 0 spiro atoms. The van der Waals surface area contributed by atoms with E-state index in [1.54, 1.807) is 30.3 Å². The monoisotopic (exact) mass is 434 g/mol. The molecule has 1 aliphatic rings. The average molecular weight is 435 g/mol. The van der Waals surface area contributed by atoms with Gasteiger partial charge in [0.2, 0.25) is 11.8 Å². The van der Waals surface area contributed by atoms with Crippen molar-refractivity contribution in [2.45, 2.75) is 26.8 Å². The number of nitrogens with zero attached hydrogens (tertiary/aromatic N) is 5. The summed E-state index contributed by atoms with van der Waals surface area (Å²) in [6.07, 6.45) is 1.81. The van der Waals surface area contributed by atoms with E-state index in [1.165, 1.54) is 9.25 Å². The molecule has 1 atom stereocenters. The van der Waals surface area contributed by atoms with E-state index in [0.717, 1.165) is 16.8 Å². The molecule has 9 heteroatoms. The minimum atomic E-state index is -0.423. The standard InChI is InChI=1S/C23H26N6O3/c1-15-7-8-18(12-16(15)2)28-14-17(13-20(28)30)22(31)25-10-11-29-23(32)27(3)21(26-29)19-6-4-5-9-24-19/h4-9,12,17H,10-11,13-14H2,1-3H3,(H,25,31). The molecule has 1 fully saturated rings. The van der Waals surface area contributed by atoms with Gasteiger partial charge in [-0.2, -0.15) is 0 Å². The smallest absolute Gasteiger partial charge is 0.346 e. The maximum atomic E-state index is 12.6. The van der Waals surface area contributed by atoms with Crippen molar-refractivity contribution in [1.82, 2.24) is 24.6 Å². The normalized spacial score (nSPS) is 15.9. The molecule has 2 amide bonds. The zero-order valence-electron chi connectivity index (χ0n) is 18.4. The molecule has 9 nitrogen and oxygen atoms in total. The number of anilines is 1. The van der Waals surface area contributed by atoms with Crippen LogP contribution in [0.3, 0.4) is 0 Å². The number of aromatic nitrogens is 4. The van der Waals surface area contributed by atoms with Crippen LogP contribution in [0.15, 0.2) is 47.4 Å². The first-order chi connectivity index (χ1) is 15.3. The third kappa shape index (κ3) is 4.18. The SMILES string of the molecule is Cc1ccc(N2CC(C(=O)NCCn3nc(-c4ccccn4)n(C)c3=O)CC2=O)cc1C. The first-order valence-corrected chi connectivity index (χ1v) is 10.6. The Bertz CT molecular complexity index is 1210. The molecule has 1 aromatic carbocycles. The minimum absolute atomic E-state index is 0.0608. The first kappa shape index (κ1) is 21.5. The van der Waals surface area contributed by atoms with Gasteiger partial charge in [-0.3, -0.25) is 19.1 Å². The quantitative estimate of drug-likeness (QED) is 0.632. The molecule has 32 heavy (non-hydrogen) atoms. The lowest BCUT2D eigenvalue weighted by Crippen LogP contribution is -2.36. The van der Waals surface area contributed by atoms with E-state index in [2.05, 4.69) is 15.4 Å². The van der Waals surface area contributed by atoms with Crippen LogP contribution in [0.4, 0.5) is 5.69 Å². The second-order valence-electron chi connectivity index (χ2n) is 8.07. The van der Waals surface area contributed by atoms with Crippen LogP contribution in [0.1, 0.15) is 17.5 Å². The second kappa shape index (κ2) is 8.78. The Labute approximate surface area is 185 Å². The van der Waals surface area contributed by atoms with Crippen molar-refractivity contribution >= 4 is 17.5 Å². The number of hydrogen-bond donors (Lipinski definition) is 1. The lowest BCUT2D eigenvalue weighted by molar-refractivity contribution is -0.126. The predicted octanol–water partition coefficient (Wildman–Crippen LogP) is 1.43. The van der Waals surface area contributed by atoms with Crippen LogP contribution in [-0.2, 0) is 23.2 Å². The summed E-state index contributed by atoms with van der Waals surface area (Å²) in [6, 6.07) is 11.3. The molecule has 3 aromatic rings. The molecule has 2 aromatic heterocycles. The summed E-state index contributed by atoms with van der Waals surface area (Å²) in [5.74, 6) is -0.214. The Hall–Kier alpha value is -3.75. The molecule has 1 saturated heterocycles.